The van der Waals surface area contributed by atoms with E-state index in [0.717, 1.165) is 26.6 Å². The number of carbonyl (C=O) groups excluding carboxylic acids is 2. The van der Waals surface area contributed by atoms with Crippen LogP contribution < -0.4 is 20.1 Å². The smallest absolute Gasteiger partial charge is 0.410 e. The number of nitrogens with one attached hydrogen (secondary N) is 2. The summed E-state index contributed by atoms with van der Waals surface area (Å²) in [4.78, 5) is 28.0. The van der Waals surface area contributed by atoms with E-state index in [2.05, 4.69) is 10.6 Å². The first-order valence-electron chi connectivity index (χ1n) is 12.1. The summed E-state index contributed by atoms with van der Waals surface area (Å²) in [6.07, 6.45) is -0.0988. The molecule has 1 aromatic heterocycles. The molecule has 188 valence electrons. The molecular weight excluding hydrogens is 478 g/mol. The second-order valence-electron chi connectivity index (χ2n) is 8.54. The Bertz CT molecular complexity index is 1260. The maximum Gasteiger partial charge on any atom is 0.410 e. The van der Waals surface area contributed by atoms with Crippen molar-refractivity contribution in [2.45, 2.75) is 39.6 Å². The zero-order valence-corrected chi connectivity index (χ0v) is 21.2. The predicted octanol–water partition coefficient (Wildman–Crippen LogP) is 5.09. The lowest BCUT2D eigenvalue weighted by Crippen LogP contribution is -2.39. The van der Waals surface area contributed by atoms with Crippen LogP contribution in [0.4, 0.5) is 9.80 Å². The number of hydrogen-bond acceptors (Lipinski definition) is 7. The predicted molar refractivity (Wildman–Crippen MR) is 138 cm³/mol. The maximum atomic E-state index is 13.2. The van der Waals surface area contributed by atoms with Crippen molar-refractivity contribution in [1.82, 2.24) is 10.2 Å². The van der Waals surface area contributed by atoms with Gasteiger partial charge in [-0.2, -0.15) is 0 Å². The van der Waals surface area contributed by atoms with E-state index in [1.807, 2.05) is 55.5 Å². The maximum absolute atomic E-state index is 13.2. The third kappa shape index (κ3) is 4.83. The van der Waals surface area contributed by atoms with Gasteiger partial charge in [-0.15, -0.1) is 11.3 Å². The third-order valence-electron chi connectivity index (χ3n) is 6.20. The molecular formula is C27H29N3O5S. The second-order valence-corrected chi connectivity index (χ2v) is 9.65. The van der Waals surface area contributed by atoms with Crippen molar-refractivity contribution < 1.29 is 23.8 Å². The van der Waals surface area contributed by atoms with Gasteiger partial charge in [0.2, 0.25) is 0 Å². The number of thiophene rings is 1. The number of nitrogens with zero attached hydrogens (tertiary/aromatic N) is 1. The monoisotopic (exact) mass is 507 g/mol. The number of rotatable bonds is 7. The molecule has 0 aliphatic carbocycles. The van der Waals surface area contributed by atoms with Crippen LogP contribution in [-0.4, -0.2) is 36.7 Å². The van der Waals surface area contributed by atoms with Crippen LogP contribution in [0.1, 0.15) is 51.9 Å². The minimum atomic E-state index is -0.409. The summed E-state index contributed by atoms with van der Waals surface area (Å²) < 4.78 is 17.0. The van der Waals surface area contributed by atoms with E-state index >= 15 is 0 Å². The van der Waals surface area contributed by atoms with E-state index in [1.54, 1.807) is 11.8 Å². The van der Waals surface area contributed by atoms with Crippen molar-refractivity contribution in [3.05, 3.63) is 75.7 Å². The molecule has 2 aromatic carbocycles. The minimum Gasteiger partial charge on any atom is -0.490 e. The first kappa shape index (κ1) is 24.0. The lowest BCUT2D eigenvalue weighted by atomic mass is 10.0. The van der Waals surface area contributed by atoms with Crippen LogP contribution in [0, 0.1) is 0 Å². The van der Waals surface area contributed by atoms with Gasteiger partial charge in [-0.1, -0.05) is 36.4 Å². The van der Waals surface area contributed by atoms with Gasteiger partial charge in [0.25, 0.3) is 5.91 Å². The molecule has 1 atom stereocenters. The molecule has 8 nitrogen and oxygen atoms in total. The van der Waals surface area contributed by atoms with Crippen LogP contribution in [0.2, 0.25) is 0 Å². The van der Waals surface area contributed by atoms with Crippen LogP contribution >= 0.6 is 11.3 Å². The molecule has 0 bridgehead atoms. The van der Waals surface area contributed by atoms with E-state index in [9.17, 15) is 9.59 Å². The molecule has 3 aromatic rings. The largest absolute Gasteiger partial charge is 0.490 e. The van der Waals surface area contributed by atoms with Crippen LogP contribution in [0.3, 0.4) is 0 Å². The molecule has 3 heterocycles. The van der Waals surface area contributed by atoms with Gasteiger partial charge < -0.3 is 29.7 Å². The summed E-state index contributed by atoms with van der Waals surface area (Å²) in [5, 5.41) is 7.37. The number of amides is 2. The second kappa shape index (κ2) is 10.5. The first-order valence-corrected chi connectivity index (χ1v) is 13.0. The van der Waals surface area contributed by atoms with Crippen LogP contribution in [0.15, 0.2) is 48.5 Å². The van der Waals surface area contributed by atoms with Crippen molar-refractivity contribution >= 4 is 28.3 Å². The molecule has 0 fully saturated rings. The number of carbonyl (C=O) groups is 2. The zero-order chi connectivity index (χ0) is 25.1. The fourth-order valence-corrected chi connectivity index (χ4v) is 5.77. The average molecular weight is 508 g/mol. The highest BCUT2D eigenvalue weighted by Gasteiger charge is 2.34. The van der Waals surface area contributed by atoms with E-state index in [0.29, 0.717) is 56.4 Å². The summed E-state index contributed by atoms with van der Waals surface area (Å²) in [5.74, 6) is 1.17. The molecule has 0 spiro atoms. The summed E-state index contributed by atoms with van der Waals surface area (Å²) >= 11 is 1.53. The van der Waals surface area contributed by atoms with Gasteiger partial charge in [0.15, 0.2) is 11.5 Å². The van der Waals surface area contributed by atoms with Crippen molar-refractivity contribution in [3.63, 3.8) is 0 Å². The molecule has 2 aliphatic rings. The lowest BCUT2D eigenvalue weighted by molar-refractivity contribution is 0.0934. The van der Waals surface area contributed by atoms with Crippen LogP contribution in [-0.2, 0) is 24.3 Å². The standard InChI is InChI=1S/C27H29N3O5S/c1-3-33-21-14-18(10-11-20(21)35-16-17-8-6-5-7-9-17)24-28-25(31)23-19-12-13-30(27(32)34-4-2)15-22(19)36-26(23)29-24/h5-11,14,24,29H,3-4,12-13,15-16H2,1-2H3,(H,28,31)/t24-/m0/s1. The molecule has 0 saturated carbocycles. The molecule has 36 heavy (non-hydrogen) atoms. The summed E-state index contributed by atoms with van der Waals surface area (Å²) in [6.45, 7) is 5.98. The number of hydrogen-bond donors (Lipinski definition) is 2. The Morgan fingerprint density at radius 3 is 2.67 bits per heavy atom. The van der Waals surface area contributed by atoms with E-state index in [1.165, 1.54) is 11.3 Å². The van der Waals surface area contributed by atoms with E-state index in [-0.39, 0.29) is 12.0 Å². The van der Waals surface area contributed by atoms with Crippen LogP contribution in [0.5, 0.6) is 11.5 Å². The molecule has 9 heteroatoms. The number of fused-ring (bicyclic) bond motifs is 3. The number of benzene rings is 2. The minimum absolute atomic E-state index is 0.113. The average Bonchev–Trinajstić information content (AvgIpc) is 3.27. The van der Waals surface area contributed by atoms with Gasteiger partial charge in [0.1, 0.15) is 17.8 Å². The number of ether oxygens (including phenoxy) is 3. The third-order valence-corrected chi connectivity index (χ3v) is 7.35. The number of anilines is 1. The molecule has 0 radical (unpaired) electrons. The molecule has 2 amide bonds. The topological polar surface area (TPSA) is 89.1 Å². The van der Waals surface area contributed by atoms with Gasteiger partial charge >= 0.3 is 6.09 Å². The Balaban J connectivity index is 1.34. The Hall–Kier alpha value is -3.72. The van der Waals surface area contributed by atoms with Crippen molar-refractivity contribution in [2.75, 3.05) is 25.1 Å². The Kier molecular flexibility index (Phi) is 6.99. The molecule has 5 rings (SSSR count). The van der Waals surface area contributed by atoms with Crippen molar-refractivity contribution in [3.8, 4) is 11.5 Å². The van der Waals surface area contributed by atoms with Gasteiger partial charge in [-0.25, -0.2) is 4.79 Å². The quantitative estimate of drug-likeness (QED) is 0.463. The van der Waals surface area contributed by atoms with Gasteiger partial charge in [-0.3, -0.25) is 4.79 Å². The Labute approximate surface area is 214 Å². The highest BCUT2D eigenvalue weighted by atomic mass is 32.1. The highest BCUT2D eigenvalue weighted by Crippen LogP contribution is 2.41. The van der Waals surface area contributed by atoms with Crippen LogP contribution in [0.25, 0.3) is 0 Å². The summed E-state index contributed by atoms with van der Waals surface area (Å²) in [7, 11) is 0. The van der Waals surface area contributed by atoms with Gasteiger partial charge in [0, 0.05) is 11.4 Å². The van der Waals surface area contributed by atoms with E-state index < -0.39 is 6.17 Å². The normalized spacial score (nSPS) is 16.3. The van der Waals surface area contributed by atoms with E-state index in [4.69, 9.17) is 14.2 Å². The first-order chi connectivity index (χ1) is 17.6. The lowest BCUT2D eigenvalue weighted by Gasteiger charge is -2.28. The fourth-order valence-electron chi connectivity index (χ4n) is 4.48. The molecule has 2 N–H and O–H groups in total. The highest BCUT2D eigenvalue weighted by molar-refractivity contribution is 7.16. The Morgan fingerprint density at radius 1 is 1.06 bits per heavy atom. The fraction of sp³-hybridized carbons (Fsp3) is 0.333. The molecule has 0 saturated heterocycles. The molecule has 2 aliphatic heterocycles. The summed E-state index contributed by atoms with van der Waals surface area (Å²) in [6, 6.07) is 15.7. The summed E-state index contributed by atoms with van der Waals surface area (Å²) in [5.41, 5.74) is 3.63. The van der Waals surface area contributed by atoms with Gasteiger partial charge in [-0.05, 0) is 49.1 Å². The SMILES string of the molecule is CCOC(=O)N1CCc2c(sc3c2C(=O)N[C@H](c2ccc(OCc4ccccc4)c(OCC)c2)N3)C1. The van der Waals surface area contributed by atoms with Gasteiger partial charge in [0.05, 0.1) is 25.3 Å². The van der Waals surface area contributed by atoms with Crippen molar-refractivity contribution in [1.29, 1.82) is 0 Å². The molecule has 0 unspecified atom stereocenters. The Morgan fingerprint density at radius 2 is 1.89 bits per heavy atom. The zero-order valence-electron chi connectivity index (χ0n) is 20.3. The van der Waals surface area contributed by atoms with Crippen molar-refractivity contribution in [2.24, 2.45) is 0 Å².